The van der Waals surface area contributed by atoms with Crippen molar-refractivity contribution >= 4 is 0 Å². The second-order valence-corrected chi connectivity index (χ2v) is 4.17. The molecule has 1 aromatic rings. The molecular weight excluding hydrogens is 212 g/mol. The van der Waals surface area contributed by atoms with E-state index in [1.165, 1.54) is 5.56 Å². The van der Waals surface area contributed by atoms with E-state index in [9.17, 15) is 0 Å². The van der Waals surface area contributed by atoms with Crippen LogP contribution >= 0.6 is 0 Å². The highest BCUT2D eigenvalue weighted by Crippen LogP contribution is 2.21. The summed E-state index contributed by atoms with van der Waals surface area (Å²) >= 11 is 0. The van der Waals surface area contributed by atoms with E-state index >= 15 is 0 Å². The summed E-state index contributed by atoms with van der Waals surface area (Å²) in [5.74, 6) is 0. The molecule has 0 saturated carbocycles. The first-order valence-corrected chi connectivity index (χ1v) is 6.50. The standard InChI is InChI=1S/C14H24N2O/c1-5-13(17-7-3)14(15-6-2)12-9-8-11(4)16-10-12/h8-10,13-15H,5-7H2,1-4H3. The van der Waals surface area contributed by atoms with Gasteiger partial charge in [-0.15, -0.1) is 0 Å². The molecule has 0 saturated heterocycles. The average Bonchev–Trinajstić information content (AvgIpc) is 2.35. The number of nitrogens with zero attached hydrogens (tertiary/aromatic N) is 1. The van der Waals surface area contributed by atoms with E-state index < -0.39 is 0 Å². The number of rotatable bonds is 7. The Balaban J connectivity index is 2.86. The number of aromatic nitrogens is 1. The molecule has 2 atom stereocenters. The van der Waals surface area contributed by atoms with Gasteiger partial charge in [-0.05, 0) is 38.4 Å². The normalized spacial score (nSPS) is 14.6. The van der Waals surface area contributed by atoms with Crippen molar-refractivity contribution in [3.8, 4) is 0 Å². The molecule has 1 rings (SSSR count). The van der Waals surface area contributed by atoms with Gasteiger partial charge in [-0.2, -0.15) is 0 Å². The van der Waals surface area contributed by atoms with Crippen LogP contribution in [0, 0.1) is 6.92 Å². The van der Waals surface area contributed by atoms with Gasteiger partial charge >= 0.3 is 0 Å². The van der Waals surface area contributed by atoms with Gasteiger partial charge in [0.25, 0.3) is 0 Å². The SMILES string of the molecule is CCNC(c1ccc(C)nc1)C(CC)OCC. The van der Waals surface area contributed by atoms with Gasteiger partial charge in [0.1, 0.15) is 0 Å². The number of ether oxygens (including phenoxy) is 1. The monoisotopic (exact) mass is 236 g/mol. The molecule has 0 spiro atoms. The molecule has 17 heavy (non-hydrogen) atoms. The summed E-state index contributed by atoms with van der Waals surface area (Å²) in [4.78, 5) is 4.36. The van der Waals surface area contributed by atoms with Crippen LogP contribution in [0.2, 0.25) is 0 Å². The Hall–Kier alpha value is -0.930. The summed E-state index contributed by atoms with van der Waals surface area (Å²) in [7, 11) is 0. The topological polar surface area (TPSA) is 34.2 Å². The van der Waals surface area contributed by atoms with Crippen molar-refractivity contribution in [2.75, 3.05) is 13.2 Å². The Morgan fingerprint density at radius 3 is 2.53 bits per heavy atom. The van der Waals surface area contributed by atoms with Crippen molar-refractivity contribution in [3.63, 3.8) is 0 Å². The maximum absolute atomic E-state index is 5.80. The third-order valence-electron chi connectivity index (χ3n) is 2.87. The van der Waals surface area contributed by atoms with Gasteiger partial charge in [0.15, 0.2) is 0 Å². The summed E-state index contributed by atoms with van der Waals surface area (Å²) in [6, 6.07) is 4.42. The van der Waals surface area contributed by atoms with E-state index in [4.69, 9.17) is 4.74 Å². The van der Waals surface area contributed by atoms with E-state index in [0.717, 1.165) is 25.3 Å². The lowest BCUT2D eigenvalue weighted by atomic mass is 10.0. The predicted octanol–water partition coefficient (Wildman–Crippen LogP) is 2.86. The molecule has 3 heteroatoms. The van der Waals surface area contributed by atoms with Gasteiger partial charge in [0, 0.05) is 18.5 Å². The number of hydrogen-bond acceptors (Lipinski definition) is 3. The third kappa shape index (κ3) is 4.10. The zero-order valence-electron chi connectivity index (χ0n) is 11.4. The molecule has 0 bridgehead atoms. The molecule has 0 amide bonds. The molecule has 0 radical (unpaired) electrons. The van der Waals surface area contributed by atoms with Gasteiger partial charge in [-0.1, -0.05) is 19.9 Å². The molecular formula is C14H24N2O. The van der Waals surface area contributed by atoms with Gasteiger partial charge in [0.05, 0.1) is 12.1 Å². The molecule has 0 aromatic carbocycles. The van der Waals surface area contributed by atoms with E-state index in [-0.39, 0.29) is 12.1 Å². The van der Waals surface area contributed by atoms with Crippen LogP contribution < -0.4 is 5.32 Å². The molecule has 0 aliphatic rings. The fourth-order valence-corrected chi connectivity index (χ4v) is 2.01. The number of aryl methyl sites for hydroxylation is 1. The van der Waals surface area contributed by atoms with Gasteiger partial charge in [-0.25, -0.2) is 0 Å². The summed E-state index contributed by atoms with van der Waals surface area (Å²) in [5.41, 5.74) is 2.26. The highest BCUT2D eigenvalue weighted by molar-refractivity contribution is 5.18. The van der Waals surface area contributed by atoms with E-state index in [1.807, 2.05) is 20.0 Å². The summed E-state index contributed by atoms with van der Waals surface area (Å²) in [6.07, 6.45) is 3.16. The molecule has 1 aromatic heterocycles. The Kier molecular flexibility index (Phi) is 6.16. The second-order valence-electron chi connectivity index (χ2n) is 4.17. The minimum Gasteiger partial charge on any atom is -0.377 e. The van der Waals surface area contributed by atoms with Crippen LogP contribution in [0.15, 0.2) is 18.3 Å². The van der Waals surface area contributed by atoms with Crippen molar-refractivity contribution in [2.45, 2.75) is 46.3 Å². The molecule has 3 nitrogen and oxygen atoms in total. The van der Waals surface area contributed by atoms with Gasteiger partial charge in [-0.3, -0.25) is 4.98 Å². The maximum Gasteiger partial charge on any atom is 0.0767 e. The van der Waals surface area contributed by atoms with Crippen molar-refractivity contribution in [1.82, 2.24) is 10.3 Å². The van der Waals surface area contributed by atoms with Crippen molar-refractivity contribution in [3.05, 3.63) is 29.6 Å². The molecule has 1 heterocycles. The molecule has 96 valence electrons. The van der Waals surface area contributed by atoms with E-state index in [1.54, 1.807) is 0 Å². The predicted molar refractivity (Wildman–Crippen MR) is 71.1 cm³/mol. The minimum atomic E-state index is 0.212. The Morgan fingerprint density at radius 2 is 2.06 bits per heavy atom. The van der Waals surface area contributed by atoms with E-state index in [0.29, 0.717) is 0 Å². The molecule has 1 N–H and O–H groups in total. The lowest BCUT2D eigenvalue weighted by Gasteiger charge is -2.27. The van der Waals surface area contributed by atoms with Crippen LogP contribution in [0.5, 0.6) is 0 Å². The molecule has 0 aliphatic heterocycles. The van der Waals surface area contributed by atoms with Crippen LogP contribution in [0.25, 0.3) is 0 Å². The first kappa shape index (κ1) is 14.1. The average molecular weight is 236 g/mol. The number of pyridine rings is 1. The molecule has 0 fully saturated rings. The first-order chi connectivity index (χ1) is 8.22. The number of hydrogen-bond donors (Lipinski definition) is 1. The lowest BCUT2D eigenvalue weighted by Crippen LogP contribution is -2.33. The highest BCUT2D eigenvalue weighted by Gasteiger charge is 2.21. The van der Waals surface area contributed by atoms with Gasteiger partial charge in [0.2, 0.25) is 0 Å². The largest absolute Gasteiger partial charge is 0.377 e. The van der Waals surface area contributed by atoms with Crippen LogP contribution in [0.3, 0.4) is 0 Å². The van der Waals surface area contributed by atoms with Crippen molar-refractivity contribution < 1.29 is 4.74 Å². The smallest absolute Gasteiger partial charge is 0.0767 e. The lowest BCUT2D eigenvalue weighted by molar-refractivity contribution is 0.0317. The summed E-state index contributed by atoms with van der Waals surface area (Å²) < 4.78 is 5.80. The number of nitrogens with one attached hydrogen (secondary N) is 1. The maximum atomic E-state index is 5.80. The molecule has 2 unspecified atom stereocenters. The van der Waals surface area contributed by atoms with Crippen LogP contribution in [-0.2, 0) is 4.74 Å². The van der Waals surface area contributed by atoms with Crippen molar-refractivity contribution in [1.29, 1.82) is 0 Å². The summed E-state index contributed by atoms with van der Waals surface area (Å²) in [5, 5.41) is 3.49. The van der Waals surface area contributed by atoms with E-state index in [2.05, 4.69) is 36.3 Å². The second kappa shape index (κ2) is 7.41. The first-order valence-electron chi connectivity index (χ1n) is 6.50. The van der Waals surface area contributed by atoms with Gasteiger partial charge < -0.3 is 10.1 Å². The summed E-state index contributed by atoms with van der Waals surface area (Å²) in [6.45, 7) is 10.0. The van der Waals surface area contributed by atoms with Crippen LogP contribution in [-0.4, -0.2) is 24.2 Å². The van der Waals surface area contributed by atoms with Crippen LogP contribution in [0.1, 0.15) is 44.5 Å². The fourth-order valence-electron chi connectivity index (χ4n) is 2.01. The minimum absolute atomic E-state index is 0.212. The fraction of sp³-hybridized carbons (Fsp3) is 0.643. The quantitative estimate of drug-likeness (QED) is 0.790. The van der Waals surface area contributed by atoms with Crippen molar-refractivity contribution in [2.24, 2.45) is 0 Å². The zero-order chi connectivity index (χ0) is 12.7. The zero-order valence-corrected chi connectivity index (χ0v) is 11.4. The van der Waals surface area contributed by atoms with Crippen LogP contribution in [0.4, 0.5) is 0 Å². The highest BCUT2D eigenvalue weighted by atomic mass is 16.5. The molecule has 0 aliphatic carbocycles. The number of likely N-dealkylation sites (N-methyl/N-ethyl adjacent to an activating group) is 1. The Morgan fingerprint density at radius 1 is 1.29 bits per heavy atom. The Labute approximate surface area is 105 Å². The third-order valence-corrected chi connectivity index (χ3v) is 2.87. The Bertz CT molecular complexity index is 311.